The van der Waals surface area contributed by atoms with Crippen LogP contribution in [0.5, 0.6) is 5.88 Å². The Balaban J connectivity index is 1.64. The molecule has 5 N–H and O–H groups in total. The summed E-state index contributed by atoms with van der Waals surface area (Å²) in [5.41, 5.74) is 1.11. The van der Waals surface area contributed by atoms with Crippen LogP contribution in [0.1, 0.15) is 32.1 Å². The van der Waals surface area contributed by atoms with Gasteiger partial charge in [-0.1, -0.05) is 25.3 Å². The maximum Gasteiger partial charge on any atom is 0.225 e. The third-order valence-corrected chi connectivity index (χ3v) is 7.08. The molecule has 0 amide bonds. The molecule has 0 atom stereocenters. The second-order valence-corrected chi connectivity index (χ2v) is 10.2. The molecule has 2 heterocycles. The molecule has 0 bridgehead atoms. The lowest BCUT2D eigenvalue weighted by Gasteiger charge is -2.37. The van der Waals surface area contributed by atoms with Crippen LogP contribution in [0.3, 0.4) is 0 Å². The number of nitrogens with one attached hydrogen (secondary N) is 4. The van der Waals surface area contributed by atoms with Crippen molar-refractivity contribution in [2.75, 3.05) is 30.5 Å². The van der Waals surface area contributed by atoms with Crippen LogP contribution in [0.2, 0.25) is 0 Å². The van der Waals surface area contributed by atoms with Gasteiger partial charge in [0.05, 0.1) is 10.4 Å². The molecule has 1 aromatic carbocycles. The fourth-order valence-electron chi connectivity index (χ4n) is 4.13. The van der Waals surface area contributed by atoms with E-state index in [9.17, 15) is 13.5 Å². The van der Waals surface area contributed by atoms with Crippen LogP contribution >= 0.6 is 0 Å². The number of sulfone groups is 1. The first-order valence-electron chi connectivity index (χ1n) is 10.4. The van der Waals surface area contributed by atoms with Crippen molar-refractivity contribution in [3.63, 3.8) is 0 Å². The first-order chi connectivity index (χ1) is 14.8. The molecule has 4 rings (SSSR count). The monoisotopic (exact) mass is 444 g/mol. The molecule has 1 aliphatic carbocycles. The largest absolute Gasteiger partial charge is 0.494 e. The number of likely N-dealkylation sites (N-methyl/N-ethyl adjacent to an activating group) is 1. The van der Waals surface area contributed by atoms with Crippen molar-refractivity contribution < 1.29 is 13.5 Å². The molecular formula is C21H28N6O3S. The fraction of sp³-hybridized carbons (Fsp3) is 0.429. The lowest BCUT2D eigenvalue weighted by atomic mass is 9.82. The van der Waals surface area contributed by atoms with Gasteiger partial charge in [0.2, 0.25) is 11.8 Å². The van der Waals surface area contributed by atoms with E-state index in [0.717, 1.165) is 19.1 Å². The molecule has 0 aliphatic heterocycles. The number of rotatable bonds is 7. The maximum atomic E-state index is 11.9. The lowest BCUT2D eigenvalue weighted by Crippen LogP contribution is -2.50. The van der Waals surface area contributed by atoms with Crippen molar-refractivity contribution in [1.82, 2.24) is 20.3 Å². The van der Waals surface area contributed by atoms with Gasteiger partial charge < -0.3 is 26.0 Å². The second kappa shape index (κ2) is 8.35. The standard InChI is InChI=1S/C21H28N6O3S/c1-22-21(9-4-3-5-10-21)13-24-20-26-16-12-23-19(28)17(16)18(27-20)25-14-7-6-8-15(11-14)31(2,29)30/h6-8,11-12,22-23,28H,3-5,9-10,13H2,1-2H3,(H2,24,25,26,27). The molecule has 31 heavy (non-hydrogen) atoms. The van der Waals surface area contributed by atoms with Crippen molar-refractivity contribution >= 4 is 38.2 Å². The van der Waals surface area contributed by atoms with Crippen LogP contribution in [0.25, 0.3) is 10.9 Å². The summed E-state index contributed by atoms with van der Waals surface area (Å²) in [5, 5.41) is 20.7. The molecule has 2 aromatic heterocycles. The van der Waals surface area contributed by atoms with E-state index in [0.29, 0.717) is 34.9 Å². The minimum Gasteiger partial charge on any atom is -0.494 e. The van der Waals surface area contributed by atoms with E-state index in [1.165, 1.54) is 31.4 Å². The third kappa shape index (κ3) is 4.59. The Morgan fingerprint density at radius 2 is 1.97 bits per heavy atom. The number of hydrogen-bond acceptors (Lipinski definition) is 8. The smallest absolute Gasteiger partial charge is 0.225 e. The summed E-state index contributed by atoms with van der Waals surface area (Å²) >= 11 is 0. The topological polar surface area (TPSA) is 132 Å². The molecule has 3 aromatic rings. The van der Waals surface area contributed by atoms with Gasteiger partial charge in [-0.2, -0.15) is 4.98 Å². The van der Waals surface area contributed by atoms with Crippen LogP contribution in [-0.2, 0) is 9.84 Å². The fourth-order valence-corrected chi connectivity index (χ4v) is 4.79. The summed E-state index contributed by atoms with van der Waals surface area (Å²) in [7, 11) is -1.35. The number of fused-ring (bicyclic) bond motifs is 1. The first-order valence-corrected chi connectivity index (χ1v) is 12.3. The van der Waals surface area contributed by atoms with Gasteiger partial charge in [0, 0.05) is 30.2 Å². The number of aromatic hydroxyl groups is 1. The number of benzene rings is 1. The predicted octanol–water partition coefficient (Wildman–Crippen LogP) is 3.14. The highest BCUT2D eigenvalue weighted by molar-refractivity contribution is 7.90. The Kier molecular flexibility index (Phi) is 5.76. The Morgan fingerprint density at radius 1 is 1.19 bits per heavy atom. The van der Waals surface area contributed by atoms with Crippen LogP contribution in [-0.4, -0.2) is 53.9 Å². The zero-order valence-electron chi connectivity index (χ0n) is 17.7. The van der Waals surface area contributed by atoms with Crippen LogP contribution < -0.4 is 16.0 Å². The highest BCUT2D eigenvalue weighted by atomic mass is 32.2. The molecule has 1 saturated carbocycles. The Morgan fingerprint density at radius 3 is 2.68 bits per heavy atom. The van der Waals surface area contributed by atoms with E-state index in [1.54, 1.807) is 18.3 Å². The van der Waals surface area contributed by atoms with Gasteiger partial charge in [0.25, 0.3) is 0 Å². The zero-order chi connectivity index (χ0) is 22.1. The molecule has 9 nitrogen and oxygen atoms in total. The van der Waals surface area contributed by atoms with E-state index in [1.807, 2.05) is 7.05 Å². The van der Waals surface area contributed by atoms with Crippen LogP contribution in [0, 0.1) is 0 Å². The van der Waals surface area contributed by atoms with Crippen LogP contribution in [0.15, 0.2) is 35.4 Å². The second-order valence-electron chi connectivity index (χ2n) is 8.16. The minimum absolute atomic E-state index is 0.00820. The summed E-state index contributed by atoms with van der Waals surface area (Å²) < 4.78 is 23.8. The van der Waals surface area contributed by atoms with E-state index in [4.69, 9.17) is 0 Å². The maximum absolute atomic E-state index is 11.9. The summed E-state index contributed by atoms with van der Waals surface area (Å²) in [6.45, 7) is 0.689. The number of aromatic amines is 1. The van der Waals surface area contributed by atoms with Crippen LogP contribution in [0.4, 0.5) is 17.5 Å². The van der Waals surface area contributed by atoms with Crippen molar-refractivity contribution in [3.05, 3.63) is 30.5 Å². The molecule has 1 aliphatic rings. The summed E-state index contributed by atoms with van der Waals surface area (Å²) in [5.74, 6) is 0.773. The van der Waals surface area contributed by atoms with E-state index in [-0.39, 0.29) is 16.3 Å². The van der Waals surface area contributed by atoms with E-state index in [2.05, 4.69) is 30.9 Å². The molecule has 166 valence electrons. The number of H-pyrrole nitrogens is 1. The molecule has 0 saturated heterocycles. The van der Waals surface area contributed by atoms with E-state index < -0.39 is 9.84 Å². The molecular weight excluding hydrogens is 416 g/mol. The van der Waals surface area contributed by atoms with Gasteiger partial charge in [-0.15, -0.1) is 0 Å². The number of nitrogens with zero attached hydrogens (tertiary/aromatic N) is 2. The van der Waals surface area contributed by atoms with Gasteiger partial charge in [0.1, 0.15) is 11.2 Å². The average Bonchev–Trinajstić information content (AvgIpc) is 3.13. The molecule has 0 unspecified atom stereocenters. The number of hydrogen-bond donors (Lipinski definition) is 5. The molecule has 0 radical (unpaired) electrons. The van der Waals surface area contributed by atoms with Gasteiger partial charge in [-0.05, 0) is 38.1 Å². The van der Waals surface area contributed by atoms with Gasteiger partial charge in [0.15, 0.2) is 9.84 Å². The summed E-state index contributed by atoms with van der Waals surface area (Å²) in [6, 6.07) is 6.49. The van der Waals surface area contributed by atoms with Crippen molar-refractivity contribution in [2.45, 2.75) is 42.5 Å². The van der Waals surface area contributed by atoms with Gasteiger partial charge in [-0.25, -0.2) is 13.4 Å². The number of anilines is 3. The zero-order valence-corrected chi connectivity index (χ0v) is 18.5. The summed E-state index contributed by atoms with van der Waals surface area (Å²) in [4.78, 5) is 12.1. The number of aromatic nitrogens is 3. The minimum atomic E-state index is -3.34. The quantitative estimate of drug-likeness (QED) is 0.375. The van der Waals surface area contributed by atoms with Gasteiger partial charge >= 0.3 is 0 Å². The van der Waals surface area contributed by atoms with Gasteiger partial charge in [-0.3, -0.25) is 0 Å². The predicted molar refractivity (Wildman–Crippen MR) is 122 cm³/mol. The molecule has 0 spiro atoms. The van der Waals surface area contributed by atoms with Crippen molar-refractivity contribution in [2.24, 2.45) is 0 Å². The van der Waals surface area contributed by atoms with E-state index >= 15 is 0 Å². The Bertz CT molecular complexity index is 1190. The van der Waals surface area contributed by atoms with Crippen molar-refractivity contribution in [3.8, 4) is 5.88 Å². The normalized spacial score (nSPS) is 16.3. The average molecular weight is 445 g/mol. The first kappa shape index (κ1) is 21.4. The SMILES string of the molecule is CNC1(CNc2nc(Nc3cccc(S(C)(=O)=O)c3)c3c(O)[nH]cc3n2)CCCCC1. The molecule has 10 heteroatoms. The highest BCUT2D eigenvalue weighted by Crippen LogP contribution is 2.33. The Labute approximate surface area is 181 Å². The molecule has 1 fully saturated rings. The third-order valence-electron chi connectivity index (χ3n) is 5.97. The Hall–Kier alpha value is -2.85. The summed E-state index contributed by atoms with van der Waals surface area (Å²) in [6.07, 6.45) is 8.60. The van der Waals surface area contributed by atoms with Crippen molar-refractivity contribution in [1.29, 1.82) is 0 Å². The highest BCUT2D eigenvalue weighted by Gasteiger charge is 2.30. The lowest BCUT2D eigenvalue weighted by molar-refractivity contribution is 0.261.